The van der Waals surface area contributed by atoms with Crippen molar-refractivity contribution in [2.45, 2.75) is 33.0 Å². The maximum absolute atomic E-state index is 13.8. The van der Waals surface area contributed by atoms with Crippen molar-refractivity contribution in [3.8, 4) is 0 Å². The minimum Gasteiger partial charge on any atom is -0.462 e. The van der Waals surface area contributed by atoms with Crippen molar-refractivity contribution >= 4 is 11.7 Å². The molecule has 1 fully saturated rings. The smallest absolute Gasteiger partial charge is 0.363 e. The molecule has 1 aliphatic rings. The van der Waals surface area contributed by atoms with Gasteiger partial charge in [-0.2, -0.15) is 9.78 Å². The quantitative estimate of drug-likeness (QED) is 0.788. The predicted octanol–water partition coefficient (Wildman–Crippen LogP) is 1.51. The molecule has 7 heteroatoms. The molecule has 0 radical (unpaired) electrons. The van der Waals surface area contributed by atoms with Gasteiger partial charge in [0.2, 0.25) is 0 Å². The first-order chi connectivity index (χ1) is 10.0. The number of hydrogen-bond acceptors (Lipinski definition) is 5. The molecule has 1 atom stereocenters. The van der Waals surface area contributed by atoms with Gasteiger partial charge < -0.3 is 9.64 Å². The Kier molecular flexibility index (Phi) is 4.93. The molecular weight excluding hydrogens is 277 g/mol. The summed E-state index contributed by atoms with van der Waals surface area (Å²) in [6.07, 6.45) is 1.33. The van der Waals surface area contributed by atoms with Gasteiger partial charge in [0.25, 0.3) is 11.9 Å². The van der Waals surface area contributed by atoms with E-state index >= 15 is 0 Å². The molecular formula is C14H20FN3O3. The minimum atomic E-state index is -2.20. The lowest BCUT2D eigenvalue weighted by atomic mass is 9.99. The molecule has 6 nitrogen and oxygen atoms in total. The second-order valence-corrected chi connectivity index (χ2v) is 5.25. The van der Waals surface area contributed by atoms with Crippen LogP contribution in [-0.2, 0) is 9.53 Å². The van der Waals surface area contributed by atoms with Crippen molar-refractivity contribution in [1.29, 1.82) is 0 Å². The maximum Gasteiger partial charge on any atom is 0.363 e. The molecule has 0 bridgehead atoms. The molecule has 1 aromatic heterocycles. The van der Waals surface area contributed by atoms with E-state index in [2.05, 4.69) is 21.7 Å². The normalized spacial score (nSPS) is 17.6. The first-order valence-corrected chi connectivity index (χ1v) is 7.17. The first kappa shape index (κ1) is 15.5. The van der Waals surface area contributed by atoms with Crippen LogP contribution in [0.3, 0.4) is 0 Å². The number of carbonyl (C=O) groups excluding carboxylic acids is 1. The fourth-order valence-electron chi connectivity index (χ4n) is 2.33. The first-order valence-electron chi connectivity index (χ1n) is 7.17. The number of aromatic nitrogens is 2. The highest BCUT2D eigenvalue weighted by molar-refractivity contribution is 5.72. The summed E-state index contributed by atoms with van der Waals surface area (Å²) >= 11 is 0. The number of ether oxygens (including phenoxy) is 1. The predicted molar refractivity (Wildman–Crippen MR) is 75.9 cm³/mol. The standard InChI is InChI=1S/C14H20FN3O3/c1-3-21-14(20)13(15)18-12(19)8-11(9-16-18)17-6-4-10(2)5-7-17/h8-10,13H,3-7H2,1-2H3. The van der Waals surface area contributed by atoms with Crippen molar-refractivity contribution < 1.29 is 13.9 Å². The van der Waals surface area contributed by atoms with Crippen LogP contribution in [0.15, 0.2) is 17.1 Å². The van der Waals surface area contributed by atoms with E-state index in [-0.39, 0.29) is 6.61 Å². The van der Waals surface area contributed by atoms with E-state index in [0.717, 1.165) is 25.9 Å². The van der Waals surface area contributed by atoms with Gasteiger partial charge >= 0.3 is 5.97 Å². The summed E-state index contributed by atoms with van der Waals surface area (Å²) in [6, 6.07) is 1.31. The Morgan fingerprint density at radius 3 is 2.76 bits per heavy atom. The van der Waals surface area contributed by atoms with Crippen LogP contribution in [0.2, 0.25) is 0 Å². The van der Waals surface area contributed by atoms with Crippen LogP contribution < -0.4 is 10.5 Å². The largest absolute Gasteiger partial charge is 0.462 e. The fourth-order valence-corrected chi connectivity index (χ4v) is 2.33. The topological polar surface area (TPSA) is 64.4 Å². The van der Waals surface area contributed by atoms with E-state index < -0.39 is 17.8 Å². The van der Waals surface area contributed by atoms with Crippen LogP contribution in [0.4, 0.5) is 10.1 Å². The number of carbonyl (C=O) groups is 1. The molecule has 0 N–H and O–H groups in total. The summed E-state index contributed by atoms with van der Waals surface area (Å²) in [5.74, 6) is -0.430. The van der Waals surface area contributed by atoms with Gasteiger partial charge in [-0.15, -0.1) is 0 Å². The van der Waals surface area contributed by atoms with Gasteiger partial charge in [0.15, 0.2) is 0 Å². The van der Waals surface area contributed by atoms with Crippen molar-refractivity contribution in [2.75, 3.05) is 24.6 Å². The van der Waals surface area contributed by atoms with Crippen LogP contribution in [0.1, 0.15) is 33.0 Å². The third-order valence-electron chi connectivity index (χ3n) is 3.66. The highest BCUT2D eigenvalue weighted by Crippen LogP contribution is 2.21. The number of nitrogens with zero attached hydrogens (tertiary/aromatic N) is 3. The second-order valence-electron chi connectivity index (χ2n) is 5.25. The lowest BCUT2D eigenvalue weighted by Gasteiger charge is -2.31. The van der Waals surface area contributed by atoms with Gasteiger partial charge in [0, 0.05) is 19.2 Å². The van der Waals surface area contributed by atoms with Crippen molar-refractivity contribution in [3.05, 3.63) is 22.6 Å². The lowest BCUT2D eigenvalue weighted by Crippen LogP contribution is -2.35. The lowest BCUT2D eigenvalue weighted by molar-refractivity contribution is -0.153. The Labute approximate surface area is 122 Å². The van der Waals surface area contributed by atoms with E-state index in [1.54, 1.807) is 6.92 Å². The van der Waals surface area contributed by atoms with E-state index in [1.807, 2.05) is 0 Å². The van der Waals surface area contributed by atoms with E-state index in [4.69, 9.17) is 0 Å². The van der Waals surface area contributed by atoms with Gasteiger partial charge in [-0.25, -0.2) is 9.18 Å². The number of hydrogen-bond donors (Lipinski definition) is 0. The Morgan fingerprint density at radius 2 is 2.19 bits per heavy atom. The Morgan fingerprint density at radius 1 is 1.52 bits per heavy atom. The van der Waals surface area contributed by atoms with Gasteiger partial charge in [0.1, 0.15) is 0 Å². The molecule has 0 saturated carbocycles. The zero-order chi connectivity index (χ0) is 15.4. The van der Waals surface area contributed by atoms with Crippen LogP contribution in [-0.4, -0.2) is 35.4 Å². The number of esters is 1. The maximum atomic E-state index is 13.8. The highest BCUT2D eigenvalue weighted by Gasteiger charge is 2.24. The number of halogens is 1. The molecule has 1 saturated heterocycles. The third kappa shape index (κ3) is 3.59. The average Bonchev–Trinajstić information content (AvgIpc) is 2.47. The number of piperidine rings is 1. The molecule has 0 amide bonds. The summed E-state index contributed by atoms with van der Waals surface area (Å²) in [4.78, 5) is 25.3. The van der Waals surface area contributed by atoms with Gasteiger partial charge in [0.05, 0.1) is 18.5 Å². The molecule has 21 heavy (non-hydrogen) atoms. The molecule has 0 aromatic carbocycles. The van der Waals surface area contributed by atoms with Crippen molar-refractivity contribution in [3.63, 3.8) is 0 Å². The van der Waals surface area contributed by atoms with E-state index in [0.29, 0.717) is 16.3 Å². The van der Waals surface area contributed by atoms with Gasteiger partial charge in [-0.3, -0.25) is 4.79 Å². The molecule has 0 aliphatic carbocycles. The molecule has 1 unspecified atom stereocenters. The molecule has 116 valence electrons. The summed E-state index contributed by atoms with van der Waals surface area (Å²) in [6.45, 7) is 5.52. The number of alkyl halides is 1. The minimum absolute atomic E-state index is 0.0536. The van der Waals surface area contributed by atoms with Gasteiger partial charge in [-0.1, -0.05) is 6.92 Å². The average molecular weight is 297 g/mol. The zero-order valence-electron chi connectivity index (χ0n) is 12.3. The van der Waals surface area contributed by atoms with Crippen molar-refractivity contribution in [1.82, 2.24) is 9.78 Å². The SMILES string of the molecule is CCOC(=O)C(F)n1ncc(N2CCC(C)CC2)cc1=O. The summed E-state index contributed by atoms with van der Waals surface area (Å²) in [5.41, 5.74) is 0.0193. The van der Waals surface area contributed by atoms with E-state index in [9.17, 15) is 14.0 Å². The Bertz CT molecular complexity index is 553. The monoisotopic (exact) mass is 297 g/mol. The third-order valence-corrected chi connectivity index (χ3v) is 3.66. The molecule has 0 spiro atoms. The molecule has 2 rings (SSSR count). The van der Waals surface area contributed by atoms with Crippen LogP contribution in [0.5, 0.6) is 0 Å². The summed E-state index contributed by atoms with van der Waals surface area (Å²) in [5, 5.41) is 3.76. The van der Waals surface area contributed by atoms with Crippen LogP contribution in [0.25, 0.3) is 0 Å². The molecule has 2 heterocycles. The zero-order valence-corrected chi connectivity index (χ0v) is 12.3. The number of anilines is 1. The van der Waals surface area contributed by atoms with Crippen LogP contribution in [0, 0.1) is 5.92 Å². The summed E-state index contributed by atoms with van der Waals surface area (Å²) < 4.78 is 18.9. The Hall–Kier alpha value is -1.92. The molecule has 1 aromatic rings. The second kappa shape index (κ2) is 6.69. The van der Waals surface area contributed by atoms with Crippen LogP contribution >= 0.6 is 0 Å². The number of rotatable bonds is 4. The fraction of sp³-hybridized carbons (Fsp3) is 0.643. The Balaban J connectivity index is 2.14. The summed E-state index contributed by atoms with van der Waals surface area (Å²) in [7, 11) is 0. The van der Waals surface area contributed by atoms with Gasteiger partial charge in [-0.05, 0) is 25.7 Å². The van der Waals surface area contributed by atoms with Crippen molar-refractivity contribution in [2.24, 2.45) is 5.92 Å². The van der Waals surface area contributed by atoms with E-state index in [1.165, 1.54) is 12.3 Å². The molecule has 1 aliphatic heterocycles. The highest BCUT2D eigenvalue weighted by atomic mass is 19.1.